The van der Waals surface area contributed by atoms with Crippen LogP contribution < -0.4 is 5.32 Å². The number of nitrogens with zero attached hydrogens (tertiary/aromatic N) is 3. The summed E-state index contributed by atoms with van der Waals surface area (Å²) in [7, 11) is 1.34. The minimum absolute atomic E-state index is 0.00476. The number of nitrogens with one attached hydrogen (secondary N) is 1. The number of benzene rings is 1. The van der Waals surface area contributed by atoms with Crippen molar-refractivity contribution in [2.75, 3.05) is 19.0 Å². The maximum atomic E-state index is 13.7. The third-order valence-electron chi connectivity index (χ3n) is 5.34. The van der Waals surface area contributed by atoms with Gasteiger partial charge in [-0.05, 0) is 42.3 Å². The van der Waals surface area contributed by atoms with E-state index in [1.807, 2.05) is 0 Å². The first-order valence-corrected chi connectivity index (χ1v) is 11.1. The largest absolute Gasteiger partial charge is 0.469 e. The first kappa shape index (κ1) is 24.5. The number of ether oxygens (including phenoxy) is 2. The number of anilines is 1. The fourth-order valence-electron chi connectivity index (χ4n) is 3.40. The van der Waals surface area contributed by atoms with Crippen molar-refractivity contribution in [1.82, 2.24) is 15.1 Å². The molecule has 184 valence electrons. The Bertz CT molecular complexity index is 1350. The van der Waals surface area contributed by atoms with Gasteiger partial charge in [-0.25, -0.2) is 9.18 Å². The van der Waals surface area contributed by atoms with E-state index in [2.05, 4.69) is 25.2 Å². The standard InChI is InChI=1S/C26H23FN4O5/c1-16-24(30-26(33)35-12-11-18-5-3-4-6-20(18)27)25(36-31-16)22-10-8-19(15-29-22)21-9-7-17(14-28-21)13-23(32)34-2/h3-10,14-15H,11-13H2,1-2H3,(H,30,33). The average molecular weight is 490 g/mol. The number of halogens is 1. The Morgan fingerprint density at radius 2 is 1.81 bits per heavy atom. The van der Waals surface area contributed by atoms with Gasteiger partial charge in [0.05, 0.1) is 25.8 Å². The summed E-state index contributed by atoms with van der Waals surface area (Å²) < 4.78 is 29.0. The van der Waals surface area contributed by atoms with Gasteiger partial charge >= 0.3 is 12.1 Å². The molecule has 4 aromatic rings. The van der Waals surface area contributed by atoms with Crippen LogP contribution in [0.1, 0.15) is 16.8 Å². The van der Waals surface area contributed by atoms with Gasteiger partial charge in [0.25, 0.3) is 0 Å². The van der Waals surface area contributed by atoms with Crippen LogP contribution in [0.3, 0.4) is 0 Å². The van der Waals surface area contributed by atoms with Crippen molar-refractivity contribution in [2.45, 2.75) is 19.8 Å². The summed E-state index contributed by atoms with van der Waals surface area (Å²) in [6.07, 6.45) is 2.90. The lowest BCUT2D eigenvalue weighted by atomic mass is 10.1. The van der Waals surface area contributed by atoms with Gasteiger partial charge in [0, 0.05) is 24.4 Å². The minimum Gasteiger partial charge on any atom is -0.469 e. The van der Waals surface area contributed by atoms with Gasteiger partial charge in [-0.2, -0.15) is 0 Å². The van der Waals surface area contributed by atoms with Gasteiger partial charge in [0.1, 0.15) is 22.9 Å². The molecular formula is C26H23FN4O5. The summed E-state index contributed by atoms with van der Waals surface area (Å²) in [6.45, 7) is 1.68. The van der Waals surface area contributed by atoms with Crippen molar-refractivity contribution in [3.63, 3.8) is 0 Å². The highest BCUT2D eigenvalue weighted by atomic mass is 19.1. The van der Waals surface area contributed by atoms with E-state index in [1.165, 1.54) is 13.2 Å². The number of methoxy groups -OCH3 is 1. The highest BCUT2D eigenvalue weighted by Crippen LogP contribution is 2.30. The molecule has 0 aliphatic rings. The molecule has 3 aromatic heterocycles. The number of hydrogen-bond acceptors (Lipinski definition) is 8. The minimum atomic E-state index is -0.716. The number of esters is 1. The molecule has 1 amide bonds. The molecule has 4 rings (SSSR count). The number of aryl methyl sites for hydroxylation is 1. The lowest BCUT2D eigenvalue weighted by Gasteiger charge is -2.08. The van der Waals surface area contributed by atoms with Crippen molar-refractivity contribution < 1.29 is 28.0 Å². The van der Waals surface area contributed by atoms with Gasteiger partial charge < -0.3 is 14.0 Å². The maximum absolute atomic E-state index is 13.7. The van der Waals surface area contributed by atoms with Crippen molar-refractivity contribution in [2.24, 2.45) is 0 Å². The van der Waals surface area contributed by atoms with Crippen LogP contribution in [0.2, 0.25) is 0 Å². The Hall–Kier alpha value is -4.60. The summed E-state index contributed by atoms with van der Waals surface area (Å²) in [5.74, 6) is -0.414. The van der Waals surface area contributed by atoms with Gasteiger partial charge in [0.2, 0.25) is 5.76 Å². The second-order valence-electron chi connectivity index (χ2n) is 7.81. The van der Waals surface area contributed by atoms with Crippen molar-refractivity contribution in [3.8, 4) is 22.7 Å². The van der Waals surface area contributed by atoms with Crippen LogP contribution in [0.15, 0.2) is 65.4 Å². The monoisotopic (exact) mass is 490 g/mol. The lowest BCUT2D eigenvalue weighted by Crippen LogP contribution is -2.16. The molecule has 9 nitrogen and oxygen atoms in total. The Morgan fingerprint density at radius 1 is 1.03 bits per heavy atom. The fraction of sp³-hybridized carbons (Fsp3) is 0.192. The first-order valence-electron chi connectivity index (χ1n) is 11.1. The molecular weight excluding hydrogens is 467 g/mol. The second kappa shape index (κ2) is 11.2. The third-order valence-corrected chi connectivity index (χ3v) is 5.34. The number of pyridine rings is 2. The summed E-state index contributed by atoms with van der Waals surface area (Å²) >= 11 is 0. The second-order valence-corrected chi connectivity index (χ2v) is 7.81. The maximum Gasteiger partial charge on any atom is 0.411 e. The Balaban J connectivity index is 1.40. The molecule has 0 aliphatic carbocycles. The first-order chi connectivity index (χ1) is 17.4. The highest BCUT2D eigenvalue weighted by molar-refractivity contribution is 5.90. The number of hydrogen-bond donors (Lipinski definition) is 1. The van der Waals surface area contributed by atoms with E-state index in [1.54, 1.807) is 61.8 Å². The van der Waals surface area contributed by atoms with Crippen molar-refractivity contribution >= 4 is 17.7 Å². The topological polar surface area (TPSA) is 116 Å². The van der Waals surface area contributed by atoms with Gasteiger partial charge in [-0.15, -0.1) is 0 Å². The van der Waals surface area contributed by atoms with Crippen molar-refractivity contribution in [3.05, 3.63) is 83.6 Å². The normalized spacial score (nSPS) is 10.6. The van der Waals surface area contributed by atoms with E-state index in [9.17, 15) is 14.0 Å². The summed E-state index contributed by atoms with van der Waals surface area (Å²) in [4.78, 5) is 32.5. The van der Waals surface area contributed by atoms with Crippen LogP contribution in [0, 0.1) is 12.7 Å². The van der Waals surface area contributed by atoms with E-state index in [-0.39, 0.29) is 37.0 Å². The Labute approximate surface area is 206 Å². The van der Waals surface area contributed by atoms with Crippen LogP contribution in [-0.4, -0.2) is 40.9 Å². The van der Waals surface area contributed by atoms with E-state index >= 15 is 0 Å². The smallest absolute Gasteiger partial charge is 0.411 e. The Kier molecular flexibility index (Phi) is 7.64. The number of rotatable bonds is 8. The van der Waals surface area contributed by atoms with E-state index in [4.69, 9.17) is 9.26 Å². The van der Waals surface area contributed by atoms with Crippen LogP contribution in [0.4, 0.5) is 14.9 Å². The van der Waals surface area contributed by atoms with E-state index in [0.717, 1.165) is 11.1 Å². The molecule has 0 bridgehead atoms. The zero-order valence-electron chi connectivity index (χ0n) is 19.7. The summed E-state index contributed by atoms with van der Waals surface area (Å²) in [6, 6.07) is 13.4. The molecule has 3 heterocycles. The van der Waals surface area contributed by atoms with Crippen LogP contribution >= 0.6 is 0 Å². The molecule has 0 atom stereocenters. The quantitative estimate of drug-likeness (QED) is 0.352. The lowest BCUT2D eigenvalue weighted by molar-refractivity contribution is -0.139. The van der Waals surface area contributed by atoms with Gasteiger partial charge in [-0.3, -0.25) is 20.1 Å². The average Bonchev–Trinajstić information content (AvgIpc) is 3.25. The molecule has 0 fully saturated rings. The van der Waals surface area contributed by atoms with Crippen LogP contribution in [0.5, 0.6) is 0 Å². The molecule has 0 aliphatic heterocycles. The number of carbonyl (C=O) groups is 2. The van der Waals surface area contributed by atoms with E-state index < -0.39 is 6.09 Å². The predicted molar refractivity (Wildman–Crippen MR) is 128 cm³/mol. The molecule has 1 N–H and O–H groups in total. The number of amides is 1. The zero-order chi connectivity index (χ0) is 25.5. The van der Waals surface area contributed by atoms with Gasteiger partial charge in [-0.1, -0.05) is 29.4 Å². The SMILES string of the molecule is COC(=O)Cc1ccc(-c2ccc(-c3onc(C)c3NC(=O)OCCc3ccccc3F)nc2)nc1. The molecule has 36 heavy (non-hydrogen) atoms. The van der Waals surface area contributed by atoms with Crippen molar-refractivity contribution in [1.29, 1.82) is 0 Å². The zero-order valence-corrected chi connectivity index (χ0v) is 19.7. The third kappa shape index (κ3) is 5.90. The number of carbonyl (C=O) groups excluding carboxylic acids is 2. The molecule has 10 heteroatoms. The van der Waals surface area contributed by atoms with Crippen LogP contribution in [0.25, 0.3) is 22.7 Å². The fourth-order valence-corrected chi connectivity index (χ4v) is 3.40. The van der Waals surface area contributed by atoms with E-state index in [0.29, 0.717) is 28.3 Å². The Morgan fingerprint density at radius 3 is 2.50 bits per heavy atom. The predicted octanol–water partition coefficient (Wildman–Crippen LogP) is 4.75. The summed E-state index contributed by atoms with van der Waals surface area (Å²) in [5.41, 5.74) is 3.85. The molecule has 0 saturated carbocycles. The molecule has 0 radical (unpaired) electrons. The van der Waals surface area contributed by atoms with Crippen LogP contribution in [-0.2, 0) is 27.1 Å². The molecule has 0 spiro atoms. The molecule has 0 unspecified atom stereocenters. The molecule has 0 saturated heterocycles. The summed E-state index contributed by atoms with van der Waals surface area (Å²) in [5, 5.41) is 6.55. The number of aromatic nitrogens is 3. The molecule has 1 aromatic carbocycles. The van der Waals surface area contributed by atoms with Gasteiger partial charge in [0.15, 0.2) is 0 Å². The highest BCUT2D eigenvalue weighted by Gasteiger charge is 2.19.